The number of fused-ring (bicyclic) bond motifs is 1. The lowest BCUT2D eigenvalue weighted by Crippen LogP contribution is -1.79. The predicted molar refractivity (Wildman–Crippen MR) is 71.2 cm³/mol. The molecule has 0 spiro atoms. The lowest BCUT2D eigenvalue weighted by atomic mass is 10.2. The van der Waals surface area contributed by atoms with E-state index in [0.29, 0.717) is 0 Å². The van der Waals surface area contributed by atoms with Gasteiger partial charge in [-0.15, -0.1) is 0 Å². The van der Waals surface area contributed by atoms with Gasteiger partial charge >= 0.3 is 0 Å². The van der Waals surface area contributed by atoms with Crippen molar-refractivity contribution in [1.82, 2.24) is 9.38 Å². The van der Waals surface area contributed by atoms with E-state index in [1.165, 1.54) is 11.3 Å². The molecule has 0 bridgehead atoms. The Kier molecular flexibility index (Phi) is 2.50. The number of halogens is 2. The first-order chi connectivity index (χ1) is 7.75. The monoisotopic (exact) mass is 312 g/mol. The maximum absolute atomic E-state index is 5.93. The second-order valence-corrected chi connectivity index (χ2v) is 5.70. The van der Waals surface area contributed by atoms with Crippen molar-refractivity contribution in [3.8, 4) is 11.3 Å². The fourth-order valence-corrected chi connectivity index (χ4v) is 3.29. The Bertz CT molecular complexity index is 645. The molecular formula is C11H6BrClN2S. The van der Waals surface area contributed by atoms with E-state index >= 15 is 0 Å². The Balaban J connectivity index is 2.25. The molecule has 0 aliphatic carbocycles. The first-order valence-electron chi connectivity index (χ1n) is 4.64. The number of benzene rings is 1. The van der Waals surface area contributed by atoms with Crippen LogP contribution in [0.5, 0.6) is 0 Å². The van der Waals surface area contributed by atoms with E-state index < -0.39 is 0 Å². The normalized spacial score (nSPS) is 11.1. The molecule has 2 nitrogen and oxygen atoms in total. The first kappa shape index (κ1) is 10.3. The molecule has 2 aromatic heterocycles. The van der Waals surface area contributed by atoms with Crippen molar-refractivity contribution in [3.05, 3.63) is 45.5 Å². The van der Waals surface area contributed by atoms with Gasteiger partial charge in [0.05, 0.1) is 0 Å². The second kappa shape index (κ2) is 3.87. The summed E-state index contributed by atoms with van der Waals surface area (Å²) in [7, 11) is 0. The van der Waals surface area contributed by atoms with Gasteiger partial charge in [0, 0.05) is 11.8 Å². The third-order valence-electron chi connectivity index (χ3n) is 2.29. The molecule has 0 N–H and O–H groups in total. The second-order valence-electron chi connectivity index (χ2n) is 3.31. The zero-order valence-corrected chi connectivity index (χ0v) is 11.2. The highest BCUT2D eigenvalue weighted by atomic mass is 79.9. The van der Waals surface area contributed by atoms with Crippen LogP contribution in [-0.4, -0.2) is 9.38 Å². The van der Waals surface area contributed by atoms with Gasteiger partial charge in [-0.2, -0.15) is 0 Å². The summed E-state index contributed by atoms with van der Waals surface area (Å²) < 4.78 is 3.63. The number of nitrogens with zero attached hydrogens (tertiary/aromatic N) is 2. The topological polar surface area (TPSA) is 17.3 Å². The van der Waals surface area contributed by atoms with Gasteiger partial charge < -0.3 is 0 Å². The van der Waals surface area contributed by atoms with Crippen LogP contribution in [0, 0.1) is 0 Å². The van der Waals surface area contributed by atoms with E-state index in [0.717, 1.165) is 25.2 Å². The van der Waals surface area contributed by atoms with Crippen LogP contribution in [0.4, 0.5) is 0 Å². The average molecular weight is 314 g/mol. The lowest BCUT2D eigenvalue weighted by molar-refractivity contribution is 1.19. The van der Waals surface area contributed by atoms with Gasteiger partial charge in [0.15, 0.2) is 4.96 Å². The molecule has 0 radical (unpaired) electrons. The van der Waals surface area contributed by atoms with Crippen molar-refractivity contribution >= 4 is 43.8 Å². The van der Waals surface area contributed by atoms with Crippen molar-refractivity contribution < 1.29 is 0 Å². The van der Waals surface area contributed by atoms with Crippen LogP contribution in [0.3, 0.4) is 0 Å². The Morgan fingerprint density at radius 2 is 2.00 bits per heavy atom. The van der Waals surface area contributed by atoms with Crippen molar-refractivity contribution in [3.63, 3.8) is 0 Å². The predicted octanol–water partition coefficient (Wildman–Crippen LogP) is 4.48. The van der Waals surface area contributed by atoms with Crippen molar-refractivity contribution in [2.75, 3.05) is 0 Å². The molecule has 0 saturated carbocycles. The first-order valence-corrected chi connectivity index (χ1v) is 6.63. The van der Waals surface area contributed by atoms with Crippen molar-refractivity contribution in [2.24, 2.45) is 0 Å². The molecule has 0 atom stereocenters. The van der Waals surface area contributed by atoms with Gasteiger partial charge in [0.25, 0.3) is 0 Å². The molecule has 0 aliphatic heterocycles. The van der Waals surface area contributed by atoms with Crippen molar-refractivity contribution in [2.45, 2.75) is 0 Å². The molecule has 0 amide bonds. The van der Waals surface area contributed by atoms with E-state index in [4.69, 9.17) is 11.6 Å². The minimum absolute atomic E-state index is 0.739. The number of thiazole rings is 1. The number of aromatic nitrogens is 2. The van der Waals surface area contributed by atoms with Gasteiger partial charge in [-0.3, -0.25) is 4.40 Å². The lowest BCUT2D eigenvalue weighted by Gasteiger charge is -1.96. The minimum atomic E-state index is 0.739. The summed E-state index contributed by atoms with van der Waals surface area (Å²) in [6.45, 7) is 0. The van der Waals surface area contributed by atoms with Crippen LogP contribution >= 0.6 is 38.9 Å². The van der Waals surface area contributed by atoms with Gasteiger partial charge in [-0.1, -0.05) is 53.3 Å². The zero-order valence-electron chi connectivity index (χ0n) is 8.02. The smallest absolute Gasteiger partial charge is 0.196 e. The average Bonchev–Trinajstić information content (AvgIpc) is 2.79. The summed E-state index contributed by atoms with van der Waals surface area (Å²) in [6, 6.07) is 10.1. The summed E-state index contributed by atoms with van der Waals surface area (Å²) >= 11 is 11.0. The molecule has 2 heterocycles. The molecule has 3 aromatic rings. The molecule has 0 fully saturated rings. The highest BCUT2D eigenvalue weighted by Gasteiger charge is 2.13. The highest BCUT2D eigenvalue weighted by Crippen LogP contribution is 2.33. The van der Waals surface area contributed by atoms with Crippen molar-refractivity contribution in [1.29, 1.82) is 0 Å². The number of rotatable bonds is 1. The highest BCUT2D eigenvalue weighted by molar-refractivity contribution is 9.10. The van der Waals surface area contributed by atoms with Crippen LogP contribution in [0.1, 0.15) is 0 Å². The SMILES string of the molecule is Clc1cn2c(Br)c(-c3ccccc3)nc2s1. The standard InChI is InChI=1S/C11H6BrClN2S/c12-10-9(7-4-2-1-3-5-7)14-11-15(10)6-8(13)16-11/h1-6H. The summed E-state index contributed by atoms with van der Waals surface area (Å²) in [6.07, 6.45) is 1.87. The number of hydrogen-bond acceptors (Lipinski definition) is 2. The maximum Gasteiger partial charge on any atom is 0.196 e. The summed E-state index contributed by atoms with van der Waals surface area (Å²) in [5, 5.41) is 0. The third-order valence-corrected chi connectivity index (χ3v) is 4.14. The number of hydrogen-bond donors (Lipinski definition) is 0. The van der Waals surface area contributed by atoms with E-state index in [1.807, 2.05) is 40.9 Å². The van der Waals surface area contributed by atoms with E-state index in [1.54, 1.807) is 0 Å². The summed E-state index contributed by atoms with van der Waals surface area (Å²) in [5.41, 5.74) is 2.05. The van der Waals surface area contributed by atoms with Crippen LogP contribution in [0.15, 0.2) is 41.1 Å². The molecule has 0 aliphatic rings. The van der Waals surface area contributed by atoms with Gasteiger partial charge in [-0.25, -0.2) is 4.98 Å². The fraction of sp³-hybridized carbons (Fsp3) is 0. The molecular weight excluding hydrogens is 308 g/mol. The maximum atomic E-state index is 5.93. The summed E-state index contributed by atoms with van der Waals surface area (Å²) in [5.74, 6) is 0. The molecule has 5 heteroatoms. The van der Waals surface area contributed by atoms with Gasteiger partial charge in [-0.05, 0) is 15.9 Å². The van der Waals surface area contributed by atoms with E-state index in [2.05, 4.69) is 20.9 Å². The molecule has 0 saturated heterocycles. The molecule has 0 unspecified atom stereocenters. The Labute approximate surface area is 110 Å². The zero-order chi connectivity index (χ0) is 11.1. The minimum Gasteiger partial charge on any atom is -0.283 e. The van der Waals surface area contributed by atoms with Crippen LogP contribution in [0.2, 0.25) is 4.34 Å². The Morgan fingerprint density at radius 3 is 2.69 bits per heavy atom. The largest absolute Gasteiger partial charge is 0.283 e. The Morgan fingerprint density at radius 1 is 1.25 bits per heavy atom. The van der Waals surface area contributed by atoms with E-state index in [9.17, 15) is 0 Å². The van der Waals surface area contributed by atoms with E-state index in [-0.39, 0.29) is 0 Å². The Hall–Kier alpha value is -0.840. The quantitative estimate of drug-likeness (QED) is 0.647. The fourth-order valence-electron chi connectivity index (χ4n) is 1.57. The van der Waals surface area contributed by atoms with Gasteiger partial charge in [0.2, 0.25) is 0 Å². The molecule has 3 rings (SSSR count). The summed E-state index contributed by atoms with van der Waals surface area (Å²) in [4.78, 5) is 5.45. The number of imidazole rings is 1. The van der Waals surface area contributed by atoms with Crippen LogP contribution < -0.4 is 0 Å². The third kappa shape index (κ3) is 1.57. The van der Waals surface area contributed by atoms with Crippen LogP contribution in [0.25, 0.3) is 16.2 Å². The molecule has 16 heavy (non-hydrogen) atoms. The molecule has 1 aromatic carbocycles. The van der Waals surface area contributed by atoms with Crippen LogP contribution in [-0.2, 0) is 0 Å². The van der Waals surface area contributed by atoms with Gasteiger partial charge in [0.1, 0.15) is 14.6 Å². The molecule has 80 valence electrons.